The van der Waals surface area contributed by atoms with Gasteiger partial charge in [-0.25, -0.2) is 14.2 Å². The molecule has 0 saturated carbocycles. The number of benzene rings is 2. The SMILES string of the molecule is CN1CCCC(COc2ccc(Nc3nccc(OC(=O)NCc4ccc5c(c4)OCO5)n3)cc2F)C1. The maximum absolute atomic E-state index is 14.6. The van der Waals surface area contributed by atoms with Gasteiger partial charge in [-0.15, -0.1) is 0 Å². The lowest BCUT2D eigenvalue weighted by Gasteiger charge is -2.29. The topological polar surface area (TPSA) is 107 Å². The van der Waals surface area contributed by atoms with Gasteiger partial charge in [-0.3, -0.25) is 0 Å². The summed E-state index contributed by atoms with van der Waals surface area (Å²) in [5.74, 6) is 1.61. The Kier molecular flexibility index (Phi) is 7.50. The molecule has 0 spiro atoms. The van der Waals surface area contributed by atoms with Crippen molar-refractivity contribution in [3.8, 4) is 23.1 Å². The van der Waals surface area contributed by atoms with Crippen molar-refractivity contribution in [3.05, 3.63) is 60.0 Å². The summed E-state index contributed by atoms with van der Waals surface area (Å²) in [4.78, 5) is 22.8. The van der Waals surface area contributed by atoms with Gasteiger partial charge in [0.05, 0.1) is 6.61 Å². The Morgan fingerprint density at radius 2 is 2.08 bits per heavy atom. The Balaban J connectivity index is 1.12. The van der Waals surface area contributed by atoms with Crippen LogP contribution in [0.15, 0.2) is 48.7 Å². The van der Waals surface area contributed by atoms with E-state index in [4.69, 9.17) is 18.9 Å². The van der Waals surface area contributed by atoms with Crippen molar-refractivity contribution in [1.29, 1.82) is 0 Å². The van der Waals surface area contributed by atoms with E-state index in [1.54, 1.807) is 24.3 Å². The number of rotatable bonds is 8. The van der Waals surface area contributed by atoms with E-state index in [1.165, 1.54) is 18.3 Å². The maximum atomic E-state index is 14.6. The summed E-state index contributed by atoms with van der Waals surface area (Å²) in [7, 11) is 2.09. The van der Waals surface area contributed by atoms with E-state index in [9.17, 15) is 9.18 Å². The zero-order valence-corrected chi connectivity index (χ0v) is 20.4. The molecule has 0 aliphatic carbocycles. The molecular formula is C26H28FN5O5. The van der Waals surface area contributed by atoms with E-state index >= 15 is 0 Å². The van der Waals surface area contributed by atoms with Crippen LogP contribution in [-0.2, 0) is 6.54 Å². The molecule has 10 nitrogen and oxygen atoms in total. The average Bonchev–Trinajstić information content (AvgIpc) is 3.35. The Morgan fingerprint density at radius 1 is 1.19 bits per heavy atom. The average molecular weight is 510 g/mol. The molecule has 37 heavy (non-hydrogen) atoms. The van der Waals surface area contributed by atoms with Gasteiger partial charge in [-0.2, -0.15) is 4.98 Å². The van der Waals surface area contributed by atoms with Gasteiger partial charge in [0.15, 0.2) is 23.1 Å². The second-order valence-corrected chi connectivity index (χ2v) is 9.00. The number of halogens is 1. The van der Waals surface area contributed by atoms with Gasteiger partial charge in [0.2, 0.25) is 18.6 Å². The first-order valence-electron chi connectivity index (χ1n) is 12.1. The van der Waals surface area contributed by atoms with Crippen LogP contribution in [0, 0.1) is 11.7 Å². The number of hydrogen-bond acceptors (Lipinski definition) is 9. The number of ether oxygens (including phenoxy) is 4. The van der Waals surface area contributed by atoms with Crippen LogP contribution in [0.25, 0.3) is 0 Å². The van der Waals surface area contributed by atoms with Crippen LogP contribution < -0.4 is 29.6 Å². The Morgan fingerprint density at radius 3 is 2.95 bits per heavy atom. The number of carbonyl (C=O) groups excluding carboxylic acids is 1. The van der Waals surface area contributed by atoms with Gasteiger partial charge < -0.3 is 34.5 Å². The van der Waals surface area contributed by atoms with E-state index in [1.807, 2.05) is 6.07 Å². The van der Waals surface area contributed by atoms with Crippen molar-refractivity contribution in [2.45, 2.75) is 19.4 Å². The summed E-state index contributed by atoms with van der Waals surface area (Å²) < 4.78 is 36.2. The second kappa shape index (κ2) is 11.3. The molecule has 2 N–H and O–H groups in total. The van der Waals surface area contributed by atoms with Gasteiger partial charge in [0, 0.05) is 43.0 Å². The van der Waals surface area contributed by atoms with Crippen molar-refractivity contribution < 1.29 is 28.1 Å². The van der Waals surface area contributed by atoms with Crippen LogP contribution in [0.1, 0.15) is 18.4 Å². The number of carbonyl (C=O) groups is 1. The Labute approximate surface area is 213 Å². The fraction of sp³-hybridized carbons (Fsp3) is 0.346. The highest BCUT2D eigenvalue weighted by molar-refractivity contribution is 5.70. The first-order chi connectivity index (χ1) is 18.0. The van der Waals surface area contributed by atoms with Crippen LogP contribution >= 0.6 is 0 Å². The first-order valence-corrected chi connectivity index (χ1v) is 12.1. The van der Waals surface area contributed by atoms with Crippen LogP contribution in [0.4, 0.5) is 20.8 Å². The molecule has 1 unspecified atom stereocenters. The molecule has 0 radical (unpaired) electrons. The lowest BCUT2D eigenvalue weighted by atomic mass is 10.00. The minimum absolute atomic E-state index is 0.0403. The number of hydrogen-bond donors (Lipinski definition) is 2. The highest BCUT2D eigenvalue weighted by Crippen LogP contribution is 2.32. The van der Waals surface area contributed by atoms with E-state index in [0.29, 0.717) is 29.7 Å². The third-order valence-electron chi connectivity index (χ3n) is 6.09. The van der Waals surface area contributed by atoms with Crippen molar-refractivity contribution in [2.75, 3.05) is 38.9 Å². The summed E-state index contributed by atoms with van der Waals surface area (Å²) in [6.07, 6.45) is 2.96. The molecule has 0 bridgehead atoms. The summed E-state index contributed by atoms with van der Waals surface area (Å²) in [5.41, 5.74) is 1.26. The fourth-order valence-corrected chi connectivity index (χ4v) is 4.26. The van der Waals surface area contributed by atoms with Crippen molar-refractivity contribution in [1.82, 2.24) is 20.2 Å². The molecule has 2 aliphatic heterocycles. The fourth-order valence-electron chi connectivity index (χ4n) is 4.26. The standard InChI is InChI=1S/C26H28FN5O5/c1-32-10-2-3-18(14-32)15-34-21-7-5-19(12-20(21)27)30-25-28-9-8-24(31-25)37-26(33)29-13-17-4-6-22-23(11-17)36-16-35-22/h4-9,11-12,18H,2-3,10,13-16H2,1H3,(H,29,33)(H,28,30,31). The van der Waals surface area contributed by atoms with Crippen molar-refractivity contribution >= 4 is 17.7 Å². The predicted octanol–water partition coefficient (Wildman–Crippen LogP) is 4.10. The van der Waals surface area contributed by atoms with Crippen LogP contribution in [-0.4, -0.2) is 54.5 Å². The van der Waals surface area contributed by atoms with Gasteiger partial charge in [-0.1, -0.05) is 6.07 Å². The number of piperidine rings is 1. The number of aromatic nitrogens is 2. The molecule has 2 aromatic carbocycles. The number of nitrogens with one attached hydrogen (secondary N) is 2. The molecule has 1 atom stereocenters. The lowest BCUT2D eigenvalue weighted by molar-refractivity contribution is 0.147. The Bertz CT molecular complexity index is 1260. The Hall–Kier alpha value is -4.12. The van der Waals surface area contributed by atoms with Gasteiger partial charge in [0.1, 0.15) is 0 Å². The maximum Gasteiger partial charge on any atom is 0.414 e. The van der Waals surface area contributed by atoms with E-state index in [-0.39, 0.29) is 30.9 Å². The molecular weight excluding hydrogens is 481 g/mol. The number of nitrogens with zero attached hydrogens (tertiary/aromatic N) is 3. The summed E-state index contributed by atoms with van der Waals surface area (Å²) in [6.45, 7) is 2.93. The molecule has 1 amide bonds. The number of fused-ring (bicyclic) bond motifs is 1. The number of likely N-dealkylation sites (tertiary alicyclic amines) is 1. The van der Waals surface area contributed by atoms with Crippen LogP contribution in [0.2, 0.25) is 0 Å². The molecule has 1 fully saturated rings. The van der Waals surface area contributed by atoms with Crippen molar-refractivity contribution in [2.24, 2.45) is 5.92 Å². The lowest BCUT2D eigenvalue weighted by Crippen LogP contribution is -2.34. The highest BCUT2D eigenvalue weighted by atomic mass is 19.1. The molecule has 3 heterocycles. The van der Waals surface area contributed by atoms with Gasteiger partial charge in [0.25, 0.3) is 0 Å². The van der Waals surface area contributed by atoms with Crippen LogP contribution in [0.3, 0.4) is 0 Å². The predicted molar refractivity (Wildman–Crippen MR) is 133 cm³/mol. The normalized spacial score (nSPS) is 16.8. The van der Waals surface area contributed by atoms with Crippen LogP contribution in [0.5, 0.6) is 23.1 Å². The first kappa shape index (κ1) is 24.6. The minimum Gasteiger partial charge on any atom is -0.490 e. The zero-order valence-electron chi connectivity index (χ0n) is 20.4. The van der Waals surface area contributed by atoms with E-state index < -0.39 is 11.9 Å². The smallest absolute Gasteiger partial charge is 0.414 e. The third-order valence-corrected chi connectivity index (χ3v) is 6.09. The molecule has 2 aliphatic rings. The number of anilines is 2. The quantitative estimate of drug-likeness (QED) is 0.464. The molecule has 1 saturated heterocycles. The highest BCUT2D eigenvalue weighted by Gasteiger charge is 2.19. The van der Waals surface area contributed by atoms with Gasteiger partial charge >= 0.3 is 6.09 Å². The molecule has 1 aromatic heterocycles. The third kappa shape index (κ3) is 6.56. The largest absolute Gasteiger partial charge is 0.490 e. The zero-order chi connectivity index (χ0) is 25.6. The monoisotopic (exact) mass is 509 g/mol. The molecule has 194 valence electrons. The summed E-state index contributed by atoms with van der Waals surface area (Å²) in [6, 6.07) is 11.4. The van der Waals surface area contributed by atoms with E-state index in [0.717, 1.165) is 31.5 Å². The van der Waals surface area contributed by atoms with Crippen molar-refractivity contribution in [3.63, 3.8) is 0 Å². The molecule has 5 rings (SSSR count). The second-order valence-electron chi connectivity index (χ2n) is 9.00. The van der Waals surface area contributed by atoms with Gasteiger partial charge in [-0.05, 0) is 56.3 Å². The summed E-state index contributed by atoms with van der Waals surface area (Å²) >= 11 is 0. The molecule has 11 heteroatoms. The van der Waals surface area contributed by atoms with E-state index in [2.05, 4.69) is 32.5 Å². The minimum atomic E-state index is -0.681. The summed E-state index contributed by atoms with van der Waals surface area (Å²) in [5, 5.41) is 5.57. The molecule has 3 aromatic rings. The number of amides is 1.